The second-order valence-electron chi connectivity index (χ2n) is 5.47. The van der Waals surface area contributed by atoms with Crippen LogP contribution in [0.4, 0.5) is 0 Å². The highest BCUT2D eigenvalue weighted by atomic mass is 16.6. The van der Waals surface area contributed by atoms with Crippen LogP contribution in [0.2, 0.25) is 0 Å². The molecule has 2 heterocycles. The molecule has 2 aliphatic heterocycles. The Hall–Kier alpha value is -1.22. The third-order valence-electron chi connectivity index (χ3n) is 4.24. The van der Waals surface area contributed by atoms with E-state index in [1.807, 2.05) is 6.07 Å². The molecule has 19 heavy (non-hydrogen) atoms. The average Bonchev–Trinajstić information content (AvgIpc) is 2.48. The quantitative estimate of drug-likeness (QED) is 0.834. The highest BCUT2D eigenvalue weighted by Crippen LogP contribution is 2.35. The summed E-state index contributed by atoms with van der Waals surface area (Å²) in [5.41, 5.74) is 1.28. The van der Waals surface area contributed by atoms with Crippen LogP contribution >= 0.6 is 0 Å². The number of piperidine rings is 1. The Morgan fingerprint density at radius 1 is 1.21 bits per heavy atom. The molecule has 104 valence electrons. The number of likely N-dealkylation sites (tertiary alicyclic amines) is 1. The minimum atomic E-state index is 0.664. The van der Waals surface area contributed by atoms with E-state index in [0.29, 0.717) is 13.2 Å². The summed E-state index contributed by atoms with van der Waals surface area (Å²) < 4.78 is 11.5. The number of rotatable bonds is 3. The van der Waals surface area contributed by atoms with Gasteiger partial charge < -0.3 is 9.47 Å². The molecule has 0 N–H and O–H groups in total. The summed E-state index contributed by atoms with van der Waals surface area (Å²) >= 11 is 0. The SMILES string of the molecule is CCC1CCCCN1Cc1cccc2c1OCCO2. The van der Waals surface area contributed by atoms with Crippen molar-refractivity contribution in [1.29, 1.82) is 0 Å². The normalized spacial score (nSPS) is 23.3. The van der Waals surface area contributed by atoms with Crippen LogP contribution in [0, 0.1) is 0 Å². The van der Waals surface area contributed by atoms with Crippen molar-refractivity contribution in [3.8, 4) is 11.5 Å². The van der Waals surface area contributed by atoms with Crippen LogP contribution < -0.4 is 9.47 Å². The van der Waals surface area contributed by atoms with E-state index in [2.05, 4.69) is 24.0 Å². The Morgan fingerprint density at radius 3 is 3.00 bits per heavy atom. The Labute approximate surface area is 115 Å². The van der Waals surface area contributed by atoms with Crippen molar-refractivity contribution < 1.29 is 9.47 Å². The fourth-order valence-corrected chi connectivity index (χ4v) is 3.21. The molecule has 0 bridgehead atoms. The maximum Gasteiger partial charge on any atom is 0.165 e. The second kappa shape index (κ2) is 5.83. The van der Waals surface area contributed by atoms with Gasteiger partial charge in [-0.1, -0.05) is 25.5 Å². The lowest BCUT2D eigenvalue weighted by atomic mass is 9.99. The van der Waals surface area contributed by atoms with Crippen molar-refractivity contribution in [2.45, 2.75) is 45.2 Å². The van der Waals surface area contributed by atoms with Crippen LogP contribution in [-0.4, -0.2) is 30.7 Å². The first-order chi connectivity index (χ1) is 9.38. The van der Waals surface area contributed by atoms with Gasteiger partial charge in [-0.2, -0.15) is 0 Å². The maximum atomic E-state index is 5.81. The summed E-state index contributed by atoms with van der Waals surface area (Å²) in [6, 6.07) is 6.99. The van der Waals surface area contributed by atoms with Crippen molar-refractivity contribution in [1.82, 2.24) is 4.90 Å². The monoisotopic (exact) mass is 261 g/mol. The van der Waals surface area contributed by atoms with Crippen molar-refractivity contribution >= 4 is 0 Å². The lowest BCUT2D eigenvalue weighted by molar-refractivity contribution is 0.129. The van der Waals surface area contributed by atoms with Gasteiger partial charge in [-0.25, -0.2) is 0 Å². The van der Waals surface area contributed by atoms with Crippen molar-refractivity contribution in [2.75, 3.05) is 19.8 Å². The van der Waals surface area contributed by atoms with Gasteiger partial charge >= 0.3 is 0 Å². The molecule has 0 saturated carbocycles. The Morgan fingerprint density at radius 2 is 2.11 bits per heavy atom. The van der Waals surface area contributed by atoms with Gasteiger partial charge in [0.15, 0.2) is 11.5 Å². The Kier molecular flexibility index (Phi) is 3.92. The van der Waals surface area contributed by atoms with Gasteiger partial charge in [-0.15, -0.1) is 0 Å². The molecule has 2 aliphatic rings. The predicted molar refractivity (Wildman–Crippen MR) is 75.8 cm³/mol. The molecule has 0 amide bonds. The Bertz CT molecular complexity index is 433. The molecule has 0 radical (unpaired) electrons. The van der Waals surface area contributed by atoms with E-state index in [1.165, 1.54) is 37.8 Å². The minimum Gasteiger partial charge on any atom is -0.486 e. The van der Waals surface area contributed by atoms with Gasteiger partial charge in [0, 0.05) is 18.2 Å². The highest BCUT2D eigenvalue weighted by molar-refractivity contribution is 5.47. The zero-order chi connectivity index (χ0) is 13.1. The number of fused-ring (bicyclic) bond motifs is 1. The van der Waals surface area contributed by atoms with Crippen LogP contribution in [0.25, 0.3) is 0 Å². The molecule has 3 nitrogen and oxygen atoms in total. The molecule has 1 saturated heterocycles. The number of para-hydroxylation sites is 1. The smallest absolute Gasteiger partial charge is 0.165 e. The minimum absolute atomic E-state index is 0.664. The molecule has 1 aromatic carbocycles. The lowest BCUT2D eigenvalue weighted by Gasteiger charge is -2.35. The average molecular weight is 261 g/mol. The molecule has 0 aliphatic carbocycles. The molecular formula is C16H23NO2. The van der Waals surface area contributed by atoms with E-state index in [9.17, 15) is 0 Å². The molecule has 1 aromatic rings. The summed E-state index contributed by atoms with van der Waals surface area (Å²) in [7, 11) is 0. The van der Waals surface area contributed by atoms with Crippen LogP contribution in [0.15, 0.2) is 18.2 Å². The molecule has 1 atom stereocenters. The van der Waals surface area contributed by atoms with Crippen LogP contribution in [-0.2, 0) is 6.54 Å². The van der Waals surface area contributed by atoms with Gasteiger partial charge in [0.25, 0.3) is 0 Å². The molecule has 1 fully saturated rings. The van der Waals surface area contributed by atoms with Crippen molar-refractivity contribution in [2.24, 2.45) is 0 Å². The van der Waals surface area contributed by atoms with Gasteiger partial charge in [0.05, 0.1) is 0 Å². The number of ether oxygens (including phenoxy) is 2. The fourth-order valence-electron chi connectivity index (χ4n) is 3.21. The standard InChI is InChI=1S/C16H23NO2/c1-2-14-7-3-4-9-17(14)12-13-6-5-8-15-16(13)19-11-10-18-15/h5-6,8,14H,2-4,7,9-12H2,1H3. The summed E-state index contributed by atoms with van der Waals surface area (Å²) in [5, 5.41) is 0. The van der Waals surface area contributed by atoms with E-state index in [-0.39, 0.29) is 0 Å². The van der Waals surface area contributed by atoms with E-state index >= 15 is 0 Å². The number of hydrogen-bond acceptors (Lipinski definition) is 3. The van der Waals surface area contributed by atoms with E-state index in [1.54, 1.807) is 0 Å². The maximum absolute atomic E-state index is 5.81. The predicted octanol–water partition coefficient (Wildman–Crippen LogP) is 3.22. The first-order valence-electron chi connectivity index (χ1n) is 7.50. The number of nitrogens with zero attached hydrogens (tertiary/aromatic N) is 1. The van der Waals surface area contributed by atoms with Gasteiger partial charge in [0.1, 0.15) is 13.2 Å². The van der Waals surface area contributed by atoms with Gasteiger partial charge in [0.2, 0.25) is 0 Å². The van der Waals surface area contributed by atoms with Crippen LogP contribution in [0.1, 0.15) is 38.2 Å². The number of hydrogen-bond donors (Lipinski definition) is 0. The summed E-state index contributed by atoms with van der Waals surface area (Å²) in [6.07, 6.45) is 5.28. The van der Waals surface area contributed by atoms with Gasteiger partial charge in [-0.05, 0) is 31.9 Å². The molecule has 3 rings (SSSR count). The fraction of sp³-hybridized carbons (Fsp3) is 0.625. The highest BCUT2D eigenvalue weighted by Gasteiger charge is 2.23. The van der Waals surface area contributed by atoms with Crippen LogP contribution in [0.3, 0.4) is 0 Å². The lowest BCUT2D eigenvalue weighted by Crippen LogP contribution is -2.38. The van der Waals surface area contributed by atoms with E-state index in [0.717, 1.165) is 24.1 Å². The molecule has 0 aromatic heterocycles. The molecule has 0 spiro atoms. The van der Waals surface area contributed by atoms with Crippen molar-refractivity contribution in [3.05, 3.63) is 23.8 Å². The molecule has 3 heteroatoms. The van der Waals surface area contributed by atoms with Crippen LogP contribution in [0.5, 0.6) is 11.5 Å². The van der Waals surface area contributed by atoms with Crippen molar-refractivity contribution in [3.63, 3.8) is 0 Å². The summed E-state index contributed by atoms with van der Waals surface area (Å²) in [4.78, 5) is 2.61. The molecule has 1 unspecified atom stereocenters. The van der Waals surface area contributed by atoms with E-state index in [4.69, 9.17) is 9.47 Å². The first-order valence-corrected chi connectivity index (χ1v) is 7.50. The largest absolute Gasteiger partial charge is 0.486 e. The number of benzene rings is 1. The van der Waals surface area contributed by atoms with E-state index < -0.39 is 0 Å². The molecular weight excluding hydrogens is 238 g/mol. The Balaban J connectivity index is 1.78. The third kappa shape index (κ3) is 2.71. The zero-order valence-electron chi connectivity index (χ0n) is 11.7. The summed E-state index contributed by atoms with van der Waals surface area (Å²) in [5.74, 6) is 1.88. The van der Waals surface area contributed by atoms with Gasteiger partial charge in [-0.3, -0.25) is 4.90 Å². The zero-order valence-corrected chi connectivity index (χ0v) is 11.7. The summed E-state index contributed by atoms with van der Waals surface area (Å²) in [6.45, 7) is 5.83. The third-order valence-corrected chi connectivity index (χ3v) is 4.24. The first kappa shape index (κ1) is 12.8. The topological polar surface area (TPSA) is 21.7 Å². The second-order valence-corrected chi connectivity index (χ2v) is 5.47.